The Balaban J connectivity index is 0.00000264. The Bertz CT molecular complexity index is 502. The highest BCUT2D eigenvalue weighted by molar-refractivity contribution is 14.0. The van der Waals surface area contributed by atoms with E-state index in [1.54, 1.807) is 11.2 Å². The van der Waals surface area contributed by atoms with Gasteiger partial charge in [-0.25, -0.2) is 0 Å². The number of guanidine groups is 1. The van der Waals surface area contributed by atoms with Crippen LogP contribution in [0.4, 0.5) is 0 Å². The Morgan fingerprint density at radius 1 is 1.52 bits per heavy atom. The highest BCUT2D eigenvalue weighted by atomic mass is 127. The van der Waals surface area contributed by atoms with Crippen LogP contribution in [-0.2, 0) is 11.2 Å². The minimum absolute atomic E-state index is 0. The Labute approximate surface area is 155 Å². The molecule has 0 aromatic carbocycles. The molecule has 0 saturated carbocycles. The van der Waals surface area contributed by atoms with Crippen LogP contribution >= 0.6 is 24.0 Å². The molecule has 7 heteroatoms. The number of nitrogens with one attached hydrogen (secondary N) is 2. The summed E-state index contributed by atoms with van der Waals surface area (Å²) in [4.78, 5) is 17.9. The smallest absolute Gasteiger partial charge is 0.222 e. The van der Waals surface area contributed by atoms with Gasteiger partial charge >= 0.3 is 0 Å². The number of likely N-dealkylation sites (N-methyl/N-ethyl adjacent to an activating group) is 1. The molecule has 0 spiro atoms. The van der Waals surface area contributed by atoms with Gasteiger partial charge in [0.25, 0.3) is 0 Å². The SMILES string of the molecule is CC(C)NC(=NCCc1ccco1)NC1CCC(=O)N(C)C1.I. The molecule has 1 fully saturated rings. The molecule has 1 aliphatic rings. The van der Waals surface area contributed by atoms with Crippen LogP contribution in [0, 0.1) is 0 Å². The lowest BCUT2D eigenvalue weighted by atomic mass is 10.1. The van der Waals surface area contributed by atoms with E-state index in [1.807, 2.05) is 19.2 Å². The topological polar surface area (TPSA) is 69.9 Å². The van der Waals surface area contributed by atoms with Crippen LogP contribution < -0.4 is 10.6 Å². The molecule has 6 nitrogen and oxygen atoms in total. The van der Waals surface area contributed by atoms with Gasteiger partial charge in [-0.15, -0.1) is 24.0 Å². The molecule has 130 valence electrons. The Morgan fingerprint density at radius 2 is 2.30 bits per heavy atom. The second-order valence-corrected chi connectivity index (χ2v) is 6.01. The van der Waals surface area contributed by atoms with Crippen molar-refractivity contribution in [2.45, 2.75) is 45.2 Å². The Morgan fingerprint density at radius 3 is 2.91 bits per heavy atom. The molecule has 2 N–H and O–H groups in total. The summed E-state index contributed by atoms with van der Waals surface area (Å²) in [7, 11) is 1.85. The van der Waals surface area contributed by atoms with Crippen molar-refractivity contribution in [3.63, 3.8) is 0 Å². The third-order valence-electron chi connectivity index (χ3n) is 3.60. The van der Waals surface area contributed by atoms with Crippen LogP contribution in [0.25, 0.3) is 0 Å². The van der Waals surface area contributed by atoms with Gasteiger partial charge in [-0.3, -0.25) is 9.79 Å². The van der Waals surface area contributed by atoms with Crippen molar-refractivity contribution in [3.8, 4) is 0 Å². The highest BCUT2D eigenvalue weighted by Gasteiger charge is 2.23. The van der Waals surface area contributed by atoms with E-state index in [-0.39, 0.29) is 35.9 Å². The van der Waals surface area contributed by atoms with Crippen molar-refractivity contribution in [2.24, 2.45) is 4.99 Å². The minimum Gasteiger partial charge on any atom is -0.469 e. The summed E-state index contributed by atoms with van der Waals surface area (Å²) in [6.07, 6.45) is 3.90. The van der Waals surface area contributed by atoms with E-state index in [1.165, 1.54) is 0 Å². The lowest BCUT2D eigenvalue weighted by molar-refractivity contribution is -0.132. The van der Waals surface area contributed by atoms with Crippen LogP contribution in [-0.4, -0.2) is 49.0 Å². The van der Waals surface area contributed by atoms with E-state index in [0.29, 0.717) is 19.0 Å². The first-order valence-corrected chi connectivity index (χ1v) is 7.88. The van der Waals surface area contributed by atoms with E-state index in [4.69, 9.17) is 4.42 Å². The number of nitrogens with zero attached hydrogens (tertiary/aromatic N) is 2. The zero-order valence-electron chi connectivity index (χ0n) is 14.0. The number of carbonyl (C=O) groups excluding carboxylic acids is 1. The maximum absolute atomic E-state index is 11.5. The van der Waals surface area contributed by atoms with Gasteiger partial charge in [-0.2, -0.15) is 0 Å². The fraction of sp³-hybridized carbons (Fsp3) is 0.625. The van der Waals surface area contributed by atoms with Gasteiger partial charge in [0.2, 0.25) is 5.91 Å². The first kappa shape index (κ1) is 19.8. The predicted octanol–water partition coefficient (Wildman–Crippen LogP) is 2.00. The second kappa shape index (κ2) is 9.79. The molecule has 1 unspecified atom stereocenters. The van der Waals surface area contributed by atoms with Crippen LogP contribution in [0.1, 0.15) is 32.4 Å². The number of piperidine rings is 1. The van der Waals surface area contributed by atoms with E-state index in [2.05, 4.69) is 29.5 Å². The lowest BCUT2D eigenvalue weighted by Gasteiger charge is -2.31. The second-order valence-electron chi connectivity index (χ2n) is 6.01. The maximum Gasteiger partial charge on any atom is 0.222 e. The quantitative estimate of drug-likeness (QED) is 0.423. The summed E-state index contributed by atoms with van der Waals surface area (Å²) in [6.45, 7) is 5.55. The molecule has 1 atom stereocenters. The molecular weight excluding hydrogens is 407 g/mol. The maximum atomic E-state index is 11.5. The van der Waals surface area contributed by atoms with E-state index < -0.39 is 0 Å². The van der Waals surface area contributed by atoms with Gasteiger partial charge in [0, 0.05) is 45.1 Å². The summed E-state index contributed by atoms with van der Waals surface area (Å²) in [5.74, 6) is 1.95. The minimum atomic E-state index is 0. The lowest BCUT2D eigenvalue weighted by Crippen LogP contribution is -2.52. The number of carbonyl (C=O) groups is 1. The number of rotatable bonds is 5. The van der Waals surface area contributed by atoms with E-state index in [0.717, 1.165) is 31.1 Å². The van der Waals surface area contributed by atoms with Crippen molar-refractivity contribution in [1.29, 1.82) is 0 Å². The summed E-state index contributed by atoms with van der Waals surface area (Å²) >= 11 is 0. The third kappa shape index (κ3) is 6.80. The van der Waals surface area contributed by atoms with Gasteiger partial charge in [-0.05, 0) is 32.4 Å². The normalized spacial score (nSPS) is 18.8. The summed E-state index contributed by atoms with van der Waals surface area (Å²) in [5, 5.41) is 6.77. The van der Waals surface area contributed by atoms with Gasteiger partial charge in [-0.1, -0.05) is 0 Å². The molecule has 0 radical (unpaired) electrons. The first-order chi connectivity index (χ1) is 10.5. The number of hydrogen-bond donors (Lipinski definition) is 2. The monoisotopic (exact) mass is 434 g/mol. The number of likely N-dealkylation sites (tertiary alicyclic amines) is 1. The molecule has 1 aromatic heterocycles. The fourth-order valence-electron chi connectivity index (χ4n) is 2.46. The average Bonchev–Trinajstić information content (AvgIpc) is 2.95. The summed E-state index contributed by atoms with van der Waals surface area (Å²) in [5.41, 5.74) is 0. The number of amides is 1. The van der Waals surface area contributed by atoms with Gasteiger partial charge < -0.3 is 20.0 Å². The molecule has 2 heterocycles. The number of furan rings is 1. The third-order valence-corrected chi connectivity index (χ3v) is 3.60. The zero-order valence-corrected chi connectivity index (χ0v) is 16.4. The largest absolute Gasteiger partial charge is 0.469 e. The van der Waals surface area contributed by atoms with Crippen molar-refractivity contribution in [3.05, 3.63) is 24.2 Å². The highest BCUT2D eigenvalue weighted by Crippen LogP contribution is 2.09. The summed E-state index contributed by atoms with van der Waals surface area (Å²) < 4.78 is 5.32. The van der Waals surface area contributed by atoms with Crippen LogP contribution in [0.15, 0.2) is 27.8 Å². The van der Waals surface area contributed by atoms with Crippen molar-refractivity contribution >= 4 is 35.8 Å². The van der Waals surface area contributed by atoms with Crippen LogP contribution in [0.3, 0.4) is 0 Å². The van der Waals surface area contributed by atoms with Crippen molar-refractivity contribution in [1.82, 2.24) is 15.5 Å². The van der Waals surface area contributed by atoms with Crippen LogP contribution in [0.2, 0.25) is 0 Å². The molecule has 1 aromatic rings. The standard InChI is InChI=1S/C16H26N4O2.HI/c1-12(2)18-16(17-9-8-14-5-4-10-22-14)19-13-6-7-15(21)20(3)11-13;/h4-5,10,12-13H,6-9,11H2,1-3H3,(H2,17,18,19);1H. The fourth-order valence-corrected chi connectivity index (χ4v) is 2.46. The Hall–Kier alpha value is -1.25. The predicted molar refractivity (Wildman–Crippen MR) is 102 cm³/mol. The average molecular weight is 434 g/mol. The molecule has 0 aliphatic carbocycles. The van der Waals surface area contributed by atoms with E-state index in [9.17, 15) is 4.79 Å². The molecular formula is C16H27IN4O2. The molecule has 2 rings (SSSR count). The Kier molecular flexibility index (Phi) is 8.43. The van der Waals surface area contributed by atoms with E-state index >= 15 is 0 Å². The summed E-state index contributed by atoms with van der Waals surface area (Å²) in [6, 6.07) is 4.40. The zero-order chi connectivity index (χ0) is 15.9. The molecule has 1 amide bonds. The molecule has 23 heavy (non-hydrogen) atoms. The molecule has 1 aliphatic heterocycles. The van der Waals surface area contributed by atoms with Crippen molar-refractivity contribution in [2.75, 3.05) is 20.1 Å². The number of hydrogen-bond acceptors (Lipinski definition) is 3. The van der Waals surface area contributed by atoms with Crippen LogP contribution in [0.5, 0.6) is 0 Å². The van der Waals surface area contributed by atoms with Crippen molar-refractivity contribution < 1.29 is 9.21 Å². The number of aliphatic imine (C=N–C) groups is 1. The van der Waals surface area contributed by atoms with Gasteiger partial charge in [0.05, 0.1) is 6.26 Å². The molecule has 0 bridgehead atoms. The van der Waals surface area contributed by atoms with Gasteiger partial charge in [0.1, 0.15) is 5.76 Å². The first-order valence-electron chi connectivity index (χ1n) is 7.88. The van der Waals surface area contributed by atoms with Gasteiger partial charge in [0.15, 0.2) is 5.96 Å². The number of halogens is 1. The molecule has 1 saturated heterocycles.